The first-order valence-corrected chi connectivity index (χ1v) is 7.28. The molecule has 0 bridgehead atoms. The first-order valence-electron chi connectivity index (χ1n) is 7.28. The predicted molar refractivity (Wildman–Crippen MR) is 83.4 cm³/mol. The second-order valence-corrected chi connectivity index (χ2v) is 5.41. The number of allylic oxidation sites excluding steroid dienone is 1. The van der Waals surface area contributed by atoms with E-state index in [1.807, 2.05) is 0 Å². The van der Waals surface area contributed by atoms with Crippen LogP contribution in [-0.2, 0) is 19.1 Å². The number of hydrogen-bond acceptors (Lipinski definition) is 7. The largest absolute Gasteiger partial charge is 0.457 e. The average molecular weight is 340 g/mol. The van der Waals surface area contributed by atoms with E-state index in [1.54, 1.807) is 6.92 Å². The molecule has 7 nitrogen and oxygen atoms in total. The molecule has 2 heterocycles. The van der Waals surface area contributed by atoms with Crippen molar-refractivity contribution in [3.63, 3.8) is 0 Å². The summed E-state index contributed by atoms with van der Waals surface area (Å²) in [5.74, 6) is -3.23. The Morgan fingerprint density at radius 2 is 1.72 bits per heavy atom. The second kappa shape index (κ2) is 6.20. The molecule has 0 fully saturated rings. The predicted octanol–water partition coefficient (Wildman–Crippen LogP) is 2.09. The highest BCUT2D eigenvalue weighted by Crippen LogP contribution is 2.26. The highest BCUT2D eigenvalue weighted by molar-refractivity contribution is 6.14. The van der Waals surface area contributed by atoms with E-state index in [0.29, 0.717) is 0 Å². The van der Waals surface area contributed by atoms with E-state index in [4.69, 9.17) is 4.74 Å². The maximum Gasteiger partial charge on any atom is 0.347 e. The fourth-order valence-electron chi connectivity index (χ4n) is 2.17. The molecule has 0 spiro atoms. The summed E-state index contributed by atoms with van der Waals surface area (Å²) in [6, 6.07) is 4.25. The van der Waals surface area contributed by atoms with Gasteiger partial charge in [-0.15, -0.1) is 0 Å². The Labute approximate surface area is 142 Å². The molecule has 0 amide bonds. The zero-order valence-electron chi connectivity index (χ0n) is 13.1. The number of esters is 4. The second-order valence-electron chi connectivity index (χ2n) is 5.41. The third kappa shape index (κ3) is 3.25. The van der Waals surface area contributed by atoms with E-state index in [0.717, 1.165) is 0 Å². The van der Waals surface area contributed by atoms with Crippen LogP contribution in [0.4, 0.5) is 0 Å². The SMILES string of the molecule is C=C1/C=C(Oc2ccc3c(c2)C(=O)OC3=O)\C=C/C(C)C(=O)OC1=O. The lowest BCUT2D eigenvalue weighted by Crippen LogP contribution is -2.17. The summed E-state index contributed by atoms with van der Waals surface area (Å²) < 4.78 is 14.8. The Hall–Kier alpha value is -3.48. The van der Waals surface area contributed by atoms with Gasteiger partial charge in [0.05, 0.1) is 22.6 Å². The Morgan fingerprint density at radius 3 is 2.48 bits per heavy atom. The normalized spacial score (nSPS) is 23.5. The van der Waals surface area contributed by atoms with Crippen molar-refractivity contribution in [2.24, 2.45) is 5.92 Å². The van der Waals surface area contributed by atoms with Crippen LogP contribution in [0, 0.1) is 5.92 Å². The molecule has 0 N–H and O–H groups in total. The lowest BCUT2D eigenvalue weighted by atomic mass is 10.1. The topological polar surface area (TPSA) is 96.0 Å². The summed E-state index contributed by atoms with van der Waals surface area (Å²) in [4.78, 5) is 46.4. The summed E-state index contributed by atoms with van der Waals surface area (Å²) in [6.45, 7) is 5.10. The van der Waals surface area contributed by atoms with Crippen molar-refractivity contribution in [1.29, 1.82) is 0 Å². The molecule has 0 radical (unpaired) electrons. The van der Waals surface area contributed by atoms with Gasteiger partial charge in [0.2, 0.25) is 0 Å². The minimum atomic E-state index is -0.871. The number of fused-ring (bicyclic) bond motifs is 1. The molecule has 1 aromatic carbocycles. The van der Waals surface area contributed by atoms with Crippen molar-refractivity contribution in [2.45, 2.75) is 6.92 Å². The Kier molecular flexibility index (Phi) is 4.06. The van der Waals surface area contributed by atoms with E-state index in [9.17, 15) is 19.2 Å². The summed E-state index contributed by atoms with van der Waals surface area (Å²) in [7, 11) is 0. The molecule has 0 saturated heterocycles. The van der Waals surface area contributed by atoms with Gasteiger partial charge in [0, 0.05) is 0 Å². The third-order valence-electron chi connectivity index (χ3n) is 3.54. The summed E-state index contributed by atoms with van der Waals surface area (Å²) in [5.41, 5.74) is 0.179. The van der Waals surface area contributed by atoms with Crippen molar-refractivity contribution in [1.82, 2.24) is 0 Å². The van der Waals surface area contributed by atoms with Gasteiger partial charge in [-0.2, -0.15) is 0 Å². The number of cyclic esters (lactones) is 4. The lowest BCUT2D eigenvalue weighted by Gasteiger charge is -2.07. The molecular weight excluding hydrogens is 328 g/mol. The molecule has 126 valence electrons. The standard InChI is InChI=1S/C18H12O7/c1-9-3-4-11(7-10(2)16(20)24-15(9)19)23-12-5-6-13-14(8-12)18(22)25-17(13)21/h3-9H,2H2,1H3/b4-3-,11-7+. The van der Waals surface area contributed by atoms with Crippen molar-refractivity contribution < 1.29 is 33.4 Å². The minimum Gasteiger partial charge on any atom is -0.457 e. The van der Waals surface area contributed by atoms with Gasteiger partial charge in [0.25, 0.3) is 0 Å². The van der Waals surface area contributed by atoms with Crippen LogP contribution < -0.4 is 4.74 Å². The van der Waals surface area contributed by atoms with Crippen LogP contribution in [-0.4, -0.2) is 23.9 Å². The number of carbonyl (C=O) groups excluding carboxylic acids is 4. The molecular formula is C18H12O7. The van der Waals surface area contributed by atoms with Gasteiger partial charge < -0.3 is 14.2 Å². The van der Waals surface area contributed by atoms with Crippen LogP contribution >= 0.6 is 0 Å². The number of rotatable bonds is 2. The van der Waals surface area contributed by atoms with Gasteiger partial charge in [-0.25, -0.2) is 14.4 Å². The highest BCUT2D eigenvalue weighted by atomic mass is 16.6. The van der Waals surface area contributed by atoms with E-state index in [1.165, 1.54) is 36.4 Å². The van der Waals surface area contributed by atoms with Crippen LogP contribution in [0.3, 0.4) is 0 Å². The molecule has 2 aliphatic heterocycles. The molecule has 2 aliphatic rings. The first-order chi connectivity index (χ1) is 11.8. The fraction of sp³-hybridized carbons (Fsp3) is 0.111. The quantitative estimate of drug-likeness (QED) is 0.462. The average Bonchev–Trinajstić information content (AvgIpc) is 2.86. The van der Waals surface area contributed by atoms with Crippen molar-refractivity contribution >= 4 is 23.9 Å². The van der Waals surface area contributed by atoms with Crippen LogP contribution in [0.15, 0.2) is 54.3 Å². The number of hydrogen-bond donors (Lipinski definition) is 0. The fourth-order valence-corrected chi connectivity index (χ4v) is 2.17. The van der Waals surface area contributed by atoms with E-state index < -0.39 is 29.8 Å². The molecule has 0 aromatic heterocycles. The van der Waals surface area contributed by atoms with Crippen LogP contribution in [0.5, 0.6) is 5.75 Å². The Balaban J connectivity index is 1.91. The smallest absolute Gasteiger partial charge is 0.347 e. The van der Waals surface area contributed by atoms with Gasteiger partial charge in [-0.1, -0.05) is 12.7 Å². The van der Waals surface area contributed by atoms with Gasteiger partial charge in [-0.3, -0.25) is 4.79 Å². The molecule has 1 unspecified atom stereocenters. The van der Waals surface area contributed by atoms with Gasteiger partial charge in [0.1, 0.15) is 11.5 Å². The third-order valence-corrected chi connectivity index (χ3v) is 3.54. The lowest BCUT2D eigenvalue weighted by molar-refractivity contribution is -0.158. The molecule has 0 saturated carbocycles. The Morgan fingerprint density at radius 1 is 1.00 bits per heavy atom. The molecule has 3 rings (SSSR count). The first kappa shape index (κ1) is 16.4. The van der Waals surface area contributed by atoms with Gasteiger partial charge in [0.15, 0.2) is 0 Å². The maximum atomic E-state index is 11.7. The molecule has 25 heavy (non-hydrogen) atoms. The van der Waals surface area contributed by atoms with E-state index in [-0.39, 0.29) is 28.2 Å². The van der Waals surface area contributed by atoms with Gasteiger partial charge in [-0.05, 0) is 37.3 Å². The maximum absolute atomic E-state index is 11.7. The Bertz CT molecular complexity index is 889. The summed E-state index contributed by atoms with van der Waals surface area (Å²) in [5, 5.41) is 0. The van der Waals surface area contributed by atoms with Crippen LogP contribution in [0.1, 0.15) is 27.6 Å². The van der Waals surface area contributed by atoms with Gasteiger partial charge >= 0.3 is 23.9 Å². The molecule has 0 aliphatic carbocycles. The van der Waals surface area contributed by atoms with E-state index in [2.05, 4.69) is 16.1 Å². The molecule has 7 heteroatoms. The summed E-state index contributed by atoms with van der Waals surface area (Å²) >= 11 is 0. The number of ether oxygens (including phenoxy) is 3. The minimum absolute atomic E-state index is 0.0714. The van der Waals surface area contributed by atoms with Crippen LogP contribution in [0.25, 0.3) is 0 Å². The van der Waals surface area contributed by atoms with E-state index >= 15 is 0 Å². The summed E-state index contributed by atoms with van der Waals surface area (Å²) in [6.07, 6.45) is 4.30. The monoisotopic (exact) mass is 340 g/mol. The van der Waals surface area contributed by atoms with Crippen molar-refractivity contribution in [3.05, 3.63) is 65.5 Å². The molecule has 1 aromatic rings. The number of benzene rings is 1. The highest BCUT2D eigenvalue weighted by Gasteiger charge is 2.30. The zero-order chi connectivity index (χ0) is 18.1. The molecule has 1 atom stereocenters. The van der Waals surface area contributed by atoms with Crippen molar-refractivity contribution in [3.8, 4) is 5.75 Å². The number of carbonyl (C=O) groups is 4. The van der Waals surface area contributed by atoms with Crippen LogP contribution in [0.2, 0.25) is 0 Å². The van der Waals surface area contributed by atoms with Crippen molar-refractivity contribution in [2.75, 3.05) is 0 Å². The zero-order valence-corrected chi connectivity index (χ0v) is 13.1.